The molecule has 0 spiro atoms. The number of halogens is 1. The van der Waals surface area contributed by atoms with Crippen molar-refractivity contribution >= 4 is 40.1 Å². The van der Waals surface area contributed by atoms with E-state index < -0.39 is 0 Å². The SMILES string of the molecule is N#Cc1c[nH]c2c(NSc3onc(C4CC4)c3Cl)cccc12. The number of aromatic nitrogens is 2. The van der Waals surface area contributed by atoms with Crippen LogP contribution >= 0.6 is 23.5 Å². The Morgan fingerprint density at radius 3 is 3.09 bits per heavy atom. The summed E-state index contributed by atoms with van der Waals surface area (Å²) in [6, 6.07) is 7.91. The van der Waals surface area contributed by atoms with Crippen LogP contribution in [0.1, 0.15) is 30.0 Å². The number of fused-ring (bicyclic) bond motifs is 1. The second-order valence-corrected chi connectivity index (χ2v) is 6.35. The van der Waals surface area contributed by atoms with E-state index >= 15 is 0 Å². The molecule has 22 heavy (non-hydrogen) atoms. The van der Waals surface area contributed by atoms with Crippen LogP contribution in [0.25, 0.3) is 10.9 Å². The van der Waals surface area contributed by atoms with Gasteiger partial charge in [0.05, 0.1) is 16.8 Å². The topological polar surface area (TPSA) is 77.6 Å². The lowest BCUT2D eigenvalue weighted by Gasteiger charge is -2.04. The third-order valence-corrected chi connectivity index (χ3v) is 4.95. The van der Waals surface area contributed by atoms with Crippen LogP contribution in [-0.4, -0.2) is 10.1 Å². The fourth-order valence-corrected chi connectivity index (χ4v) is 3.36. The Morgan fingerprint density at radius 1 is 1.45 bits per heavy atom. The average molecular weight is 331 g/mol. The zero-order valence-electron chi connectivity index (χ0n) is 11.4. The van der Waals surface area contributed by atoms with E-state index in [0.29, 0.717) is 21.6 Å². The summed E-state index contributed by atoms with van der Waals surface area (Å²) in [5.74, 6) is 0.454. The minimum absolute atomic E-state index is 0.454. The zero-order chi connectivity index (χ0) is 15.1. The van der Waals surface area contributed by atoms with Gasteiger partial charge in [-0.2, -0.15) is 5.26 Å². The van der Waals surface area contributed by atoms with Crippen LogP contribution in [-0.2, 0) is 0 Å². The molecule has 0 amide bonds. The summed E-state index contributed by atoms with van der Waals surface area (Å²) in [6.07, 6.45) is 3.96. The number of hydrogen-bond donors (Lipinski definition) is 2. The van der Waals surface area contributed by atoms with Gasteiger partial charge in [0.1, 0.15) is 16.8 Å². The van der Waals surface area contributed by atoms with Crippen molar-refractivity contribution in [3.8, 4) is 6.07 Å². The van der Waals surface area contributed by atoms with Gasteiger partial charge < -0.3 is 14.2 Å². The number of aromatic amines is 1. The zero-order valence-corrected chi connectivity index (χ0v) is 13.0. The smallest absolute Gasteiger partial charge is 0.232 e. The minimum atomic E-state index is 0.454. The molecule has 1 aliphatic carbocycles. The summed E-state index contributed by atoms with van der Waals surface area (Å²) in [5.41, 5.74) is 3.22. The Labute approximate surface area is 135 Å². The Balaban J connectivity index is 1.59. The normalized spacial score (nSPS) is 14.2. The largest absolute Gasteiger partial charge is 0.358 e. The summed E-state index contributed by atoms with van der Waals surface area (Å²) < 4.78 is 8.53. The molecule has 1 saturated carbocycles. The maximum Gasteiger partial charge on any atom is 0.232 e. The fraction of sp³-hybridized carbons (Fsp3) is 0.200. The lowest BCUT2D eigenvalue weighted by atomic mass is 10.2. The highest BCUT2D eigenvalue weighted by molar-refractivity contribution is 8.00. The van der Waals surface area contributed by atoms with Crippen molar-refractivity contribution < 1.29 is 4.52 Å². The average Bonchev–Trinajstić information content (AvgIpc) is 3.18. The van der Waals surface area contributed by atoms with Gasteiger partial charge in [-0.05, 0) is 18.9 Å². The van der Waals surface area contributed by atoms with E-state index in [4.69, 9.17) is 21.4 Å². The molecule has 2 heterocycles. The van der Waals surface area contributed by atoms with E-state index in [1.165, 1.54) is 11.9 Å². The molecule has 0 saturated heterocycles. The predicted molar refractivity (Wildman–Crippen MR) is 86.0 cm³/mol. The van der Waals surface area contributed by atoms with Gasteiger partial charge in [-0.3, -0.25) is 0 Å². The molecule has 5 nitrogen and oxygen atoms in total. The van der Waals surface area contributed by atoms with Gasteiger partial charge in [0.15, 0.2) is 0 Å². The van der Waals surface area contributed by atoms with E-state index in [1.54, 1.807) is 6.20 Å². The van der Waals surface area contributed by atoms with E-state index in [1.807, 2.05) is 18.2 Å². The second-order valence-electron chi connectivity index (χ2n) is 5.19. The van der Waals surface area contributed by atoms with Crippen molar-refractivity contribution in [1.29, 1.82) is 5.26 Å². The molecule has 1 fully saturated rings. The molecular formula is C15H11ClN4OS. The van der Waals surface area contributed by atoms with E-state index in [0.717, 1.165) is 35.1 Å². The molecule has 0 aliphatic heterocycles. The molecule has 3 aromatic rings. The van der Waals surface area contributed by atoms with Crippen LogP contribution in [0.15, 0.2) is 34.0 Å². The Morgan fingerprint density at radius 2 is 2.32 bits per heavy atom. The van der Waals surface area contributed by atoms with Gasteiger partial charge >= 0.3 is 0 Å². The molecule has 0 atom stereocenters. The van der Waals surface area contributed by atoms with Crippen LogP contribution in [0.5, 0.6) is 0 Å². The van der Waals surface area contributed by atoms with E-state index in [2.05, 4.69) is 20.9 Å². The number of anilines is 1. The van der Waals surface area contributed by atoms with Gasteiger partial charge in [-0.15, -0.1) is 0 Å². The first kappa shape index (κ1) is 13.6. The highest BCUT2D eigenvalue weighted by atomic mass is 35.5. The summed E-state index contributed by atoms with van der Waals surface area (Å²) in [7, 11) is 0. The first-order valence-corrected chi connectivity index (χ1v) is 8.05. The Bertz CT molecular complexity index is 891. The van der Waals surface area contributed by atoms with Gasteiger partial charge in [-0.1, -0.05) is 28.9 Å². The van der Waals surface area contributed by atoms with Gasteiger partial charge in [0.25, 0.3) is 0 Å². The highest BCUT2D eigenvalue weighted by Gasteiger charge is 2.31. The van der Waals surface area contributed by atoms with Crippen molar-refractivity contribution in [1.82, 2.24) is 10.1 Å². The third-order valence-electron chi connectivity index (χ3n) is 3.68. The van der Waals surface area contributed by atoms with Crippen LogP contribution < -0.4 is 4.72 Å². The van der Waals surface area contributed by atoms with Crippen LogP contribution in [0, 0.1) is 11.3 Å². The molecule has 0 bridgehead atoms. The fourth-order valence-electron chi connectivity index (χ4n) is 2.38. The molecule has 4 rings (SSSR count). The van der Waals surface area contributed by atoms with Crippen molar-refractivity contribution in [2.24, 2.45) is 0 Å². The minimum Gasteiger partial charge on any atom is -0.358 e. The molecule has 110 valence electrons. The first-order chi connectivity index (χ1) is 10.8. The van der Waals surface area contributed by atoms with Gasteiger partial charge in [-0.25, -0.2) is 0 Å². The number of hydrogen-bond acceptors (Lipinski definition) is 5. The van der Waals surface area contributed by atoms with Crippen molar-refractivity contribution in [3.63, 3.8) is 0 Å². The third kappa shape index (κ3) is 2.23. The van der Waals surface area contributed by atoms with Crippen LogP contribution in [0.2, 0.25) is 5.02 Å². The molecule has 0 unspecified atom stereocenters. The number of benzene rings is 1. The van der Waals surface area contributed by atoms with Crippen molar-refractivity contribution in [2.45, 2.75) is 23.9 Å². The molecular weight excluding hydrogens is 320 g/mol. The number of para-hydroxylation sites is 1. The lowest BCUT2D eigenvalue weighted by Crippen LogP contribution is -1.88. The predicted octanol–water partition coefficient (Wildman–Crippen LogP) is 4.68. The number of nitrogens with one attached hydrogen (secondary N) is 2. The Kier molecular flexibility index (Phi) is 3.25. The summed E-state index contributed by atoms with van der Waals surface area (Å²) in [5, 5.41) is 15.2. The molecule has 1 aromatic carbocycles. The second kappa shape index (κ2) is 5.27. The maximum absolute atomic E-state index is 9.08. The molecule has 2 N–H and O–H groups in total. The van der Waals surface area contributed by atoms with Gasteiger partial charge in [0, 0.05) is 29.4 Å². The monoisotopic (exact) mass is 330 g/mol. The molecule has 7 heteroatoms. The molecule has 1 aliphatic rings. The maximum atomic E-state index is 9.08. The Hall–Kier alpha value is -2.10. The highest BCUT2D eigenvalue weighted by Crippen LogP contribution is 2.45. The number of nitriles is 1. The van der Waals surface area contributed by atoms with Crippen molar-refractivity contribution in [3.05, 3.63) is 40.7 Å². The summed E-state index contributed by atoms with van der Waals surface area (Å²) in [6.45, 7) is 0. The van der Waals surface area contributed by atoms with Crippen molar-refractivity contribution in [2.75, 3.05) is 4.72 Å². The van der Waals surface area contributed by atoms with Crippen LogP contribution in [0.4, 0.5) is 5.69 Å². The molecule has 0 radical (unpaired) electrons. The summed E-state index contributed by atoms with van der Waals surface area (Å²) >= 11 is 7.59. The first-order valence-electron chi connectivity index (χ1n) is 6.86. The van der Waals surface area contributed by atoms with E-state index in [9.17, 15) is 0 Å². The standard InChI is InChI=1S/C15H11ClN4OS/c16-12-13(8-4-5-8)19-21-15(12)22-20-11-3-1-2-10-9(6-17)7-18-14(10)11/h1-3,7-8,18,20H,4-5H2. The number of nitrogens with zero attached hydrogens (tertiary/aromatic N) is 2. The lowest BCUT2D eigenvalue weighted by molar-refractivity contribution is 0.345. The quantitative estimate of drug-likeness (QED) is 0.679. The summed E-state index contributed by atoms with van der Waals surface area (Å²) in [4.78, 5) is 3.11. The number of H-pyrrole nitrogens is 1. The number of rotatable bonds is 4. The van der Waals surface area contributed by atoms with E-state index in [-0.39, 0.29) is 0 Å². The molecule has 2 aromatic heterocycles. The van der Waals surface area contributed by atoms with Gasteiger partial charge in [0.2, 0.25) is 5.09 Å². The van der Waals surface area contributed by atoms with Crippen LogP contribution in [0.3, 0.4) is 0 Å².